The summed E-state index contributed by atoms with van der Waals surface area (Å²) >= 11 is 1.80. The molecule has 0 spiro atoms. The van der Waals surface area contributed by atoms with Gasteiger partial charge >= 0.3 is 5.69 Å². The summed E-state index contributed by atoms with van der Waals surface area (Å²) in [5, 5.41) is 0. The predicted molar refractivity (Wildman–Crippen MR) is 74.1 cm³/mol. The average molecular weight is 378 g/mol. The van der Waals surface area contributed by atoms with E-state index in [9.17, 15) is 18.4 Å². The van der Waals surface area contributed by atoms with Crippen LogP contribution < -0.4 is 11.2 Å². The molecule has 0 radical (unpaired) electrons. The van der Waals surface area contributed by atoms with E-state index in [0.29, 0.717) is 3.57 Å². The van der Waals surface area contributed by atoms with Crippen molar-refractivity contribution < 1.29 is 8.78 Å². The monoisotopic (exact) mass is 378 g/mol. The zero-order chi connectivity index (χ0) is 14.2. The molecule has 0 aliphatic carbocycles. The highest BCUT2D eigenvalue weighted by Gasteiger charge is 2.11. The first-order chi connectivity index (χ1) is 8.90. The molecule has 1 aromatic heterocycles. The molecule has 2 aromatic rings. The lowest BCUT2D eigenvalue weighted by Gasteiger charge is -2.08. The molecule has 0 bridgehead atoms. The Kier molecular flexibility index (Phi) is 3.83. The van der Waals surface area contributed by atoms with Gasteiger partial charge in [0.2, 0.25) is 0 Å². The van der Waals surface area contributed by atoms with Gasteiger partial charge in [-0.05, 0) is 28.7 Å². The summed E-state index contributed by atoms with van der Waals surface area (Å²) in [6.45, 7) is -0.228. The van der Waals surface area contributed by atoms with Crippen molar-refractivity contribution in [2.75, 3.05) is 0 Å². The number of aryl methyl sites for hydroxylation is 1. The van der Waals surface area contributed by atoms with Crippen LogP contribution in [0.15, 0.2) is 34.0 Å². The highest BCUT2D eigenvalue weighted by molar-refractivity contribution is 14.1. The maximum absolute atomic E-state index is 13.5. The topological polar surface area (TPSA) is 44.0 Å². The molecule has 19 heavy (non-hydrogen) atoms. The SMILES string of the molecule is Cn1cc(I)c(=O)n(Cc2ccc(F)cc2F)c1=O. The molecule has 0 unspecified atom stereocenters. The van der Waals surface area contributed by atoms with Crippen LogP contribution >= 0.6 is 22.6 Å². The zero-order valence-electron chi connectivity index (χ0n) is 9.86. The van der Waals surface area contributed by atoms with E-state index in [4.69, 9.17) is 0 Å². The highest BCUT2D eigenvalue weighted by Crippen LogP contribution is 2.10. The molecule has 0 aliphatic heterocycles. The lowest BCUT2D eigenvalue weighted by atomic mass is 10.2. The van der Waals surface area contributed by atoms with E-state index in [1.165, 1.54) is 23.9 Å². The van der Waals surface area contributed by atoms with Gasteiger partial charge in [-0.1, -0.05) is 6.07 Å². The fourth-order valence-electron chi connectivity index (χ4n) is 1.65. The van der Waals surface area contributed by atoms with Crippen molar-refractivity contribution in [1.29, 1.82) is 0 Å². The fourth-order valence-corrected chi connectivity index (χ4v) is 2.36. The van der Waals surface area contributed by atoms with Gasteiger partial charge in [0.05, 0.1) is 10.1 Å². The number of halogens is 3. The molecule has 1 heterocycles. The Hall–Kier alpha value is -1.51. The Morgan fingerprint density at radius 1 is 1.26 bits per heavy atom. The first-order valence-corrected chi connectivity index (χ1v) is 6.38. The standard InChI is InChI=1S/C12H9F2IN2O2/c1-16-6-10(15)11(18)17(12(16)19)5-7-2-3-8(13)4-9(7)14/h2-4,6H,5H2,1H3. The first-order valence-electron chi connectivity index (χ1n) is 5.30. The molecule has 1 aromatic carbocycles. The van der Waals surface area contributed by atoms with Crippen LogP contribution in [0.1, 0.15) is 5.56 Å². The number of rotatable bonds is 2. The Balaban J connectivity index is 2.56. The maximum Gasteiger partial charge on any atom is 0.331 e. The molecule has 0 saturated heterocycles. The smallest absolute Gasteiger partial charge is 0.302 e. The number of nitrogens with zero attached hydrogens (tertiary/aromatic N) is 2. The molecule has 0 aliphatic rings. The molecular formula is C12H9F2IN2O2. The third kappa shape index (κ3) is 2.75. The number of hydrogen-bond donors (Lipinski definition) is 0. The minimum absolute atomic E-state index is 0.0857. The van der Waals surface area contributed by atoms with E-state index in [-0.39, 0.29) is 12.1 Å². The van der Waals surface area contributed by atoms with Crippen LogP contribution in [0.5, 0.6) is 0 Å². The number of aromatic nitrogens is 2. The molecule has 0 atom stereocenters. The Bertz CT molecular complexity index is 718. The van der Waals surface area contributed by atoms with Gasteiger partial charge in [0.1, 0.15) is 11.6 Å². The lowest BCUT2D eigenvalue weighted by molar-refractivity contribution is 0.554. The lowest BCUT2D eigenvalue weighted by Crippen LogP contribution is -2.40. The fraction of sp³-hybridized carbons (Fsp3) is 0.167. The summed E-state index contributed by atoms with van der Waals surface area (Å²) in [4.78, 5) is 23.7. The Morgan fingerprint density at radius 2 is 1.95 bits per heavy atom. The van der Waals surface area contributed by atoms with Gasteiger partial charge in [-0.2, -0.15) is 0 Å². The third-order valence-corrected chi connectivity index (χ3v) is 3.37. The van der Waals surface area contributed by atoms with Crippen LogP contribution in [-0.4, -0.2) is 9.13 Å². The second-order valence-corrected chi connectivity index (χ2v) is 5.16. The second-order valence-electron chi connectivity index (χ2n) is 4.00. The minimum Gasteiger partial charge on any atom is -0.302 e. The van der Waals surface area contributed by atoms with Crippen molar-refractivity contribution in [3.63, 3.8) is 0 Å². The first kappa shape index (κ1) is 13.9. The van der Waals surface area contributed by atoms with E-state index >= 15 is 0 Å². The Labute approximate surface area is 120 Å². The van der Waals surface area contributed by atoms with Gasteiger partial charge in [-0.3, -0.25) is 9.36 Å². The van der Waals surface area contributed by atoms with Crippen molar-refractivity contribution in [2.45, 2.75) is 6.54 Å². The van der Waals surface area contributed by atoms with Crippen LogP contribution in [0.3, 0.4) is 0 Å². The van der Waals surface area contributed by atoms with E-state index in [1.54, 1.807) is 22.6 Å². The maximum atomic E-state index is 13.5. The van der Waals surface area contributed by atoms with Gasteiger partial charge in [0.15, 0.2) is 0 Å². The van der Waals surface area contributed by atoms with Gasteiger partial charge in [0.25, 0.3) is 5.56 Å². The van der Waals surface area contributed by atoms with Crippen LogP contribution in [0.25, 0.3) is 0 Å². The van der Waals surface area contributed by atoms with Gasteiger partial charge in [-0.25, -0.2) is 13.6 Å². The highest BCUT2D eigenvalue weighted by atomic mass is 127. The Morgan fingerprint density at radius 3 is 2.58 bits per heavy atom. The van der Waals surface area contributed by atoms with Crippen molar-refractivity contribution in [1.82, 2.24) is 9.13 Å². The summed E-state index contributed by atoms with van der Waals surface area (Å²) in [6.07, 6.45) is 1.41. The summed E-state index contributed by atoms with van der Waals surface area (Å²) in [5.41, 5.74) is -0.954. The van der Waals surface area contributed by atoms with Crippen molar-refractivity contribution in [3.8, 4) is 0 Å². The minimum atomic E-state index is -0.784. The van der Waals surface area contributed by atoms with Crippen molar-refractivity contribution in [2.24, 2.45) is 7.05 Å². The van der Waals surface area contributed by atoms with Crippen LogP contribution in [-0.2, 0) is 13.6 Å². The third-order valence-electron chi connectivity index (χ3n) is 2.63. The van der Waals surface area contributed by atoms with Gasteiger partial charge < -0.3 is 4.57 Å². The number of hydrogen-bond acceptors (Lipinski definition) is 2. The molecule has 0 N–H and O–H groups in total. The van der Waals surface area contributed by atoms with Gasteiger partial charge in [0, 0.05) is 24.9 Å². The summed E-state index contributed by atoms with van der Waals surface area (Å²) in [7, 11) is 1.50. The number of benzene rings is 1. The van der Waals surface area contributed by atoms with E-state index in [1.807, 2.05) is 0 Å². The quantitative estimate of drug-likeness (QED) is 0.744. The van der Waals surface area contributed by atoms with E-state index < -0.39 is 22.9 Å². The summed E-state index contributed by atoms with van der Waals surface area (Å²) in [5.74, 6) is -1.49. The van der Waals surface area contributed by atoms with E-state index in [2.05, 4.69) is 0 Å². The second kappa shape index (κ2) is 5.24. The van der Waals surface area contributed by atoms with Crippen LogP contribution in [0.4, 0.5) is 8.78 Å². The zero-order valence-corrected chi connectivity index (χ0v) is 12.0. The van der Waals surface area contributed by atoms with Crippen LogP contribution in [0.2, 0.25) is 0 Å². The van der Waals surface area contributed by atoms with Crippen LogP contribution in [0, 0.1) is 15.2 Å². The van der Waals surface area contributed by atoms with Crippen molar-refractivity contribution >= 4 is 22.6 Å². The summed E-state index contributed by atoms with van der Waals surface area (Å²) in [6, 6.07) is 3.02. The molecule has 0 fully saturated rings. The van der Waals surface area contributed by atoms with Gasteiger partial charge in [-0.15, -0.1) is 0 Å². The molecule has 0 saturated carbocycles. The largest absolute Gasteiger partial charge is 0.331 e. The molecular weight excluding hydrogens is 369 g/mol. The molecule has 2 rings (SSSR count). The summed E-state index contributed by atoms with van der Waals surface area (Å²) < 4.78 is 28.8. The molecule has 4 nitrogen and oxygen atoms in total. The van der Waals surface area contributed by atoms with Crippen molar-refractivity contribution in [3.05, 3.63) is 66.0 Å². The average Bonchev–Trinajstić information content (AvgIpc) is 2.34. The molecule has 7 heteroatoms. The predicted octanol–water partition coefficient (Wildman–Crippen LogP) is 1.48. The molecule has 0 amide bonds. The van der Waals surface area contributed by atoms with E-state index in [0.717, 1.165) is 16.7 Å². The molecule has 100 valence electrons. The normalized spacial score (nSPS) is 10.7.